The van der Waals surface area contributed by atoms with Crippen molar-refractivity contribution in [3.05, 3.63) is 76.5 Å². The zero-order chi connectivity index (χ0) is 16.4. The minimum Gasteiger partial charge on any atom is -0.357 e. The first-order valence-corrected chi connectivity index (χ1v) is 7.80. The Morgan fingerprint density at radius 1 is 1.13 bits per heavy atom. The lowest BCUT2D eigenvalue weighted by atomic mass is 9.70. The summed E-state index contributed by atoms with van der Waals surface area (Å²) < 4.78 is 0. The molecule has 0 saturated carbocycles. The molecule has 1 aliphatic carbocycles. The number of rotatable bonds is 0. The third kappa shape index (κ3) is 1.74. The molecule has 4 rings (SSSR count). The normalized spacial score (nSPS) is 15.1. The van der Waals surface area contributed by atoms with Gasteiger partial charge < -0.3 is 4.98 Å². The number of benzene rings is 2. The molecule has 0 fully saturated rings. The fourth-order valence-corrected chi connectivity index (χ4v) is 3.77. The third-order valence-electron chi connectivity index (χ3n) is 5.03. The van der Waals surface area contributed by atoms with E-state index in [1.165, 1.54) is 27.9 Å². The first-order chi connectivity index (χ1) is 10.9. The highest BCUT2D eigenvalue weighted by Gasteiger charge is 2.36. The van der Waals surface area contributed by atoms with Crippen LogP contribution in [0.3, 0.4) is 0 Å². The number of aryl methyl sites for hydroxylation is 1. The Balaban J connectivity index is 2.10. The van der Waals surface area contributed by atoms with E-state index in [-0.39, 0.29) is 5.41 Å². The summed E-state index contributed by atoms with van der Waals surface area (Å²) in [7, 11) is 0. The molecule has 1 aromatic heterocycles. The van der Waals surface area contributed by atoms with Gasteiger partial charge in [0.25, 0.3) is 0 Å². The zero-order valence-electron chi connectivity index (χ0n) is 13.6. The minimum atomic E-state index is -0.120. The van der Waals surface area contributed by atoms with Gasteiger partial charge in [-0.3, -0.25) is 0 Å². The Hall–Kier alpha value is -2.79. The third-order valence-corrected chi connectivity index (χ3v) is 5.03. The van der Waals surface area contributed by atoms with E-state index in [0.717, 1.165) is 16.5 Å². The van der Waals surface area contributed by atoms with E-state index in [4.69, 9.17) is 5.26 Å². The van der Waals surface area contributed by atoms with Gasteiger partial charge in [-0.2, -0.15) is 5.26 Å². The summed E-state index contributed by atoms with van der Waals surface area (Å²) in [4.78, 5) is 3.56. The molecule has 1 N–H and O–H groups in total. The van der Waals surface area contributed by atoms with Crippen molar-refractivity contribution in [2.45, 2.75) is 26.2 Å². The fraction of sp³-hybridized carbons (Fsp3) is 0.190. The van der Waals surface area contributed by atoms with E-state index in [1.807, 2.05) is 18.2 Å². The molecule has 0 saturated heterocycles. The maximum atomic E-state index is 9.15. The molecule has 112 valence electrons. The van der Waals surface area contributed by atoms with Gasteiger partial charge in [-0.25, -0.2) is 0 Å². The van der Waals surface area contributed by atoms with E-state index in [0.29, 0.717) is 5.56 Å². The SMILES string of the molecule is C=C1c2cc(C)ccc2C(C)(C)c2[nH]c3cc(C#N)ccc3c21. The second-order valence-corrected chi connectivity index (χ2v) is 6.90. The van der Waals surface area contributed by atoms with Gasteiger partial charge in [0.2, 0.25) is 0 Å². The summed E-state index contributed by atoms with van der Waals surface area (Å²) in [6.45, 7) is 11.0. The number of H-pyrrole nitrogens is 1. The van der Waals surface area contributed by atoms with Crippen LogP contribution in [0.1, 0.15) is 47.4 Å². The average Bonchev–Trinajstić information content (AvgIpc) is 2.92. The molecule has 0 unspecified atom stereocenters. The predicted octanol–water partition coefficient (Wildman–Crippen LogP) is 5.05. The van der Waals surface area contributed by atoms with Crippen LogP contribution in [0.2, 0.25) is 0 Å². The first kappa shape index (κ1) is 13.8. The molecular formula is C21H18N2. The van der Waals surface area contributed by atoms with Gasteiger partial charge in [0, 0.05) is 27.6 Å². The maximum absolute atomic E-state index is 9.15. The van der Waals surface area contributed by atoms with Gasteiger partial charge in [-0.05, 0) is 35.8 Å². The number of aromatic amines is 1. The molecule has 2 heteroatoms. The van der Waals surface area contributed by atoms with Crippen molar-refractivity contribution >= 4 is 16.5 Å². The molecule has 0 amide bonds. The highest BCUT2D eigenvalue weighted by molar-refractivity contribution is 6.01. The maximum Gasteiger partial charge on any atom is 0.0992 e. The van der Waals surface area contributed by atoms with E-state index in [9.17, 15) is 0 Å². The number of aromatic nitrogens is 1. The summed E-state index contributed by atoms with van der Waals surface area (Å²) in [6, 6.07) is 14.6. The number of hydrogen-bond donors (Lipinski definition) is 1. The number of hydrogen-bond acceptors (Lipinski definition) is 1. The summed E-state index contributed by atoms with van der Waals surface area (Å²) in [5.41, 5.74) is 8.77. The van der Waals surface area contributed by atoms with Gasteiger partial charge in [0.15, 0.2) is 0 Å². The van der Waals surface area contributed by atoms with Gasteiger partial charge in [-0.15, -0.1) is 0 Å². The number of nitrogens with one attached hydrogen (secondary N) is 1. The van der Waals surface area contributed by atoms with Crippen LogP contribution >= 0.6 is 0 Å². The van der Waals surface area contributed by atoms with Crippen LogP contribution < -0.4 is 0 Å². The Bertz CT molecular complexity index is 1030. The molecule has 1 aliphatic rings. The van der Waals surface area contributed by atoms with Crippen LogP contribution in [-0.4, -0.2) is 4.98 Å². The van der Waals surface area contributed by atoms with Crippen LogP contribution in [-0.2, 0) is 5.41 Å². The molecule has 23 heavy (non-hydrogen) atoms. The largest absolute Gasteiger partial charge is 0.357 e. The van der Waals surface area contributed by atoms with Crippen molar-refractivity contribution in [2.24, 2.45) is 0 Å². The van der Waals surface area contributed by atoms with E-state index in [1.54, 1.807) is 0 Å². The monoisotopic (exact) mass is 298 g/mol. The van der Waals surface area contributed by atoms with Crippen LogP contribution in [0.4, 0.5) is 0 Å². The fourth-order valence-electron chi connectivity index (χ4n) is 3.77. The molecule has 0 atom stereocenters. The van der Waals surface area contributed by atoms with E-state index < -0.39 is 0 Å². The van der Waals surface area contributed by atoms with Gasteiger partial charge in [0.1, 0.15) is 0 Å². The minimum absolute atomic E-state index is 0.120. The summed E-state index contributed by atoms with van der Waals surface area (Å²) in [5, 5.41) is 10.3. The van der Waals surface area contributed by atoms with Crippen LogP contribution in [0.15, 0.2) is 43.0 Å². The summed E-state index contributed by atoms with van der Waals surface area (Å²) >= 11 is 0. The molecule has 2 aromatic carbocycles. The van der Waals surface area contributed by atoms with Gasteiger partial charge in [0.05, 0.1) is 11.6 Å². The lowest BCUT2D eigenvalue weighted by molar-refractivity contribution is 0.613. The van der Waals surface area contributed by atoms with Crippen LogP contribution in [0, 0.1) is 18.3 Å². The number of nitrogens with zero attached hydrogens (tertiary/aromatic N) is 1. The highest BCUT2D eigenvalue weighted by atomic mass is 14.8. The Labute approximate surface area is 136 Å². The first-order valence-electron chi connectivity index (χ1n) is 7.80. The summed E-state index contributed by atoms with van der Waals surface area (Å²) in [6.07, 6.45) is 0. The quantitative estimate of drug-likeness (QED) is 0.620. The molecule has 0 spiro atoms. The highest BCUT2D eigenvalue weighted by Crippen LogP contribution is 2.48. The van der Waals surface area contributed by atoms with Crippen molar-refractivity contribution < 1.29 is 0 Å². The zero-order valence-corrected chi connectivity index (χ0v) is 13.6. The summed E-state index contributed by atoms with van der Waals surface area (Å²) in [5.74, 6) is 0. The smallest absolute Gasteiger partial charge is 0.0992 e. The second-order valence-electron chi connectivity index (χ2n) is 6.90. The molecular weight excluding hydrogens is 280 g/mol. The van der Waals surface area contributed by atoms with Gasteiger partial charge >= 0.3 is 0 Å². The van der Waals surface area contributed by atoms with E-state index >= 15 is 0 Å². The average molecular weight is 298 g/mol. The van der Waals surface area contributed by atoms with Gasteiger partial charge in [-0.1, -0.05) is 50.3 Å². The standard InChI is InChI=1S/C21H18N2/c1-12-5-8-17-16(9-12)13(2)19-15-7-6-14(11-22)10-18(15)23-20(19)21(17,3)4/h5-10,23H,2H2,1,3-4H3. The lowest BCUT2D eigenvalue weighted by Gasteiger charge is -2.34. The Morgan fingerprint density at radius 3 is 2.65 bits per heavy atom. The van der Waals surface area contributed by atoms with Crippen LogP contribution in [0.25, 0.3) is 16.5 Å². The molecule has 0 bridgehead atoms. The topological polar surface area (TPSA) is 39.6 Å². The van der Waals surface area contributed by atoms with Crippen LogP contribution in [0.5, 0.6) is 0 Å². The predicted molar refractivity (Wildman–Crippen MR) is 94.5 cm³/mol. The number of fused-ring (bicyclic) bond motifs is 4. The van der Waals surface area contributed by atoms with Crippen molar-refractivity contribution in [3.8, 4) is 6.07 Å². The lowest BCUT2D eigenvalue weighted by Crippen LogP contribution is -2.26. The van der Waals surface area contributed by atoms with E-state index in [2.05, 4.69) is 56.6 Å². The Kier molecular flexibility index (Phi) is 2.63. The molecule has 1 heterocycles. The second kappa shape index (κ2) is 4.36. The Morgan fingerprint density at radius 2 is 1.91 bits per heavy atom. The molecule has 3 aromatic rings. The molecule has 2 nitrogen and oxygen atoms in total. The molecule has 0 radical (unpaired) electrons. The molecule has 0 aliphatic heterocycles. The van der Waals surface area contributed by atoms with Crippen molar-refractivity contribution in [2.75, 3.05) is 0 Å². The van der Waals surface area contributed by atoms with Crippen molar-refractivity contribution in [1.82, 2.24) is 4.98 Å². The van der Waals surface area contributed by atoms with Crippen molar-refractivity contribution in [3.63, 3.8) is 0 Å². The van der Waals surface area contributed by atoms with Crippen molar-refractivity contribution in [1.29, 1.82) is 5.26 Å². The number of nitriles is 1.